The largest absolute Gasteiger partial charge is 0.465 e. The van der Waals surface area contributed by atoms with Gasteiger partial charge in [-0.1, -0.05) is 12.1 Å². The maximum Gasteiger partial charge on any atom is 0.340 e. The van der Waals surface area contributed by atoms with Crippen molar-refractivity contribution in [3.8, 4) is 0 Å². The normalized spacial score (nSPS) is 10.4. The Morgan fingerprint density at radius 3 is 2.84 bits per heavy atom. The first kappa shape index (κ1) is 13.7. The Balaban J connectivity index is 1.94. The molecule has 0 unspecified atom stereocenters. The number of carbonyl (C=O) groups is 1. The molecule has 0 bridgehead atoms. The third-order valence-corrected chi connectivity index (χ3v) is 3.52. The average molecular weight is 279 g/mol. The van der Waals surface area contributed by atoms with Gasteiger partial charge in [-0.2, -0.15) is 0 Å². The summed E-state index contributed by atoms with van der Waals surface area (Å²) in [6.07, 6.45) is 0. The van der Waals surface area contributed by atoms with Crippen LogP contribution in [0.15, 0.2) is 35.7 Å². The van der Waals surface area contributed by atoms with Gasteiger partial charge in [-0.3, -0.25) is 0 Å². The van der Waals surface area contributed by atoms with Crippen LogP contribution < -0.4 is 5.32 Å². The Labute approximate surface area is 115 Å². The zero-order valence-electron chi connectivity index (χ0n) is 10.5. The van der Waals surface area contributed by atoms with E-state index in [4.69, 9.17) is 0 Å². The molecular formula is C14H14FNO2S. The van der Waals surface area contributed by atoms with Gasteiger partial charge in [0.2, 0.25) is 0 Å². The molecule has 2 rings (SSSR count). The lowest BCUT2D eigenvalue weighted by Crippen LogP contribution is -2.12. The van der Waals surface area contributed by atoms with E-state index >= 15 is 0 Å². The van der Waals surface area contributed by atoms with Crippen molar-refractivity contribution in [2.75, 3.05) is 7.11 Å². The number of hydrogen-bond donors (Lipinski definition) is 1. The number of esters is 1. The minimum atomic E-state index is -0.657. The molecule has 1 aromatic carbocycles. The summed E-state index contributed by atoms with van der Waals surface area (Å²) in [5.74, 6) is -1.21. The molecule has 0 spiro atoms. The van der Waals surface area contributed by atoms with Crippen LogP contribution in [0.3, 0.4) is 0 Å². The van der Waals surface area contributed by atoms with Crippen molar-refractivity contribution in [3.05, 3.63) is 57.5 Å². The van der Waals surface area contributed by atoms with Crippen LogP contribution in [0.1, 0.15) is 20.8 Å². The summed E-state index contributed by atoms with van der Waals surface area (Å²) in [7, 11) is 1.23. The third-order valence-electron chi connectivity index (χ3n) is 2.65. The van der Waals surface area contributed by atoms with Crippen molar-refractivity contribution in [2.24, 2.45) is 0 Å². The fraction of sp³-hybridized carbons (Fsp3) is 0.214. The summed E-state index contributed by atoms with van der Waals surface area (Å²) in [5, 5.41) is 5.24. The Morgan fingerprint density at radius 1 is 1.37 bits per heavy atom. The molecule has 100 valence electrons. The molecule has 2 aromatic rings. The second-order valence-electron chi connectivity index (χ2n) is 3.99. The fourth-order valence-corrected chi connectivity index (χ4v) is 2.36. The smallest absolute Gasteiger partial charge is 0.340 e. The van der Waals surface area contributed by atoms with E-state index in [-0.39, 0.29) is 5.56 Å². The Kier molecular flexibility index (Phi) is 4.65. The van der Waals surface area contributed by atoms with E-state index in [1.807, 2.05) is 17.5 Å². The van der Waals surface area contributed by atoms with Gasteiger partial charge in [0.05, 0.1) is 12.7 Å². The molecular weight excluding hydrogens is 265 g/mol. The number of ether oxygens (including phenoxy) is 1. The van der Waals surface area contributed by atoms with Crippen LogP contribution in [0.5, 0.6) is 0 Å². The molecule has 19 heavy (non-hydrogen) atoms. The molecule has 5 heteroatoms. The number of carbonyl (C=O) groups excluding carboxylic acids is 1. The molecule has 1 N–H and O–H groups in total. The molecule has 0 saturated carbocycles. The molecule has 0 saturated heterocycles. The van der Waals surface area contributed by atoms with Gasteiger partial charge in [0, 0.05) is 18.0 Å². The molecule has 0 radical (unpaired) electrons. The lowest BCUT2D eigenvalue weighted by molar-refractivity contribution is 0.0595. The molecule has 1 heterocycles. The van der Waals surface area contributed by atoms with Gasteiger partial charge in [-0.05, 0) is 29.1 Å². The zero-order valence-corrected chi connectivity index (χ0v) is 11.3. The van der Waals surface area contributed by atoms with Crippen LogP contribution in [-0.2, 0) is 17.8 Å². The minimum Gasteiger partial charge on any atom is -0.465 e. The SMILES string of the molecule is COC(=O)c1ccc(CNCc2cccs2)cc1F. The first-order valence-corrected chi connectivity index (χ1v) is 6.68. The second-order valence-corrected chi connectivity index (χ2v) is 5.02. The number of benzene rings is 1. The van der Waals surface area contributed by atoms with Crippen molar-refractivity contribution in [2.45, 2.75) is 13.1 Å². The highest BCUT2D eigenvalue weighted by Crippen LogP contribution is 2.12. The van der Waals surface area contributed by atoms with Gasteiger partial charge in [-0.25, -0.2) is 9.18 Å². The number of rotatable bonds is 5. The summed E-state index contributed by atoms with van der Waals surface area (Å²) in [6.45, 7) is 1.30. The lowest BCUT2D eigenvalue weighted by atomic mass is 10.1. The number of nitrogens with one attached hydrogen (secondary N) is 1. The predicted molar refractivity (Wildman–Crippen MR) is 72.6 cm³/mol. The van der Waals surface area contributed by atoms with E-state index in [9.17, 15) is 9.18 Å². The maximum atomic E-state index is 13.7. The van der Waals surface area contributed by atoms with E-state index < -0.39 is 11.8 Å². The molecule has 1 aromatic heterocycles. The van der Waals surface area contributed by atoms with E-state index in [0.29, 0.717) is 6.54 Å². The molecule has 3 nitrogen and oxygen atoms in total. The average Bonchev–Trinajstić information content (AvgIpc) is 2.91. The van der Waals surface area contributed by atoms with Crippen LogP contribution in [0.2, 0.25) is 0 Å². The summed E-state index contributed by atoms with van der Waals surface area (Å²) in [6, 6.07) is 8.55. The van der Waals surface area contributed by atoms with E-state index in [2.05, 4.69) is 10.1 Å². The predicted octanol–water partition coefficient (Wildman–Crippen LogP) is 2.96. The topological polar surface area (TPSA) is 38.3 Å². The lowest BCUT2D eigenvalue weighted by Gasteiger charge is -2.06. The Morgan fingerprint density at radius 2 is 2.21 bits per heavy atom. The molecule has 0 aliphatic rings. The van der Waals surface area contributed by atoms with Crippen LogP contribution in [0, 0.1) is 5.82 Å². The number of halogens is 1. The second kappa shape index (κ2) is 6.45. The highest BCUT2D eigenvalue weighted by molar-refractivity contribution is 7.09. The van der Waals surface area contributed by atoms with E-state index in [1.54, 1.807) is 17.4 Å². The maximum absolute atomic E-state index is 13.7. The number of hydrogen-bond acceptors (Lipinski definition) is 4. The zero-order chi connectivity index (χ0) is 13.7. The first-order chi connectivity index (χ1) is 9.20. The van der Waals surface area contributed by atoms with Crippen molar-refractivity contribution in [1.29, 1.82) is 0 Å². The standard InChI is InChI=1S/C14H14FNO2S/c1-18-14(17)12-5-4-10(7-13(12)15)8-16-9-11-3-2-6-19-11/h2-7,16H,8-9H2,1H3. The summed E-state index contributed by atoms with van der Waals surface area (Å²) >= 11 is 1.67. The quantitative estimate of drug-likeness (QED) is 0.855. The molecule has 0 atom stereocenters. The fourth-order valence-electron chi connectivity index (χ4n) is 1.69. The van der Waals surface area contributed by atoms with Crippen molar-refractivity contribution in [1.82, 2.24) is 5.32 Å². The van der Waals surface area contributed by atoms with Crippen LogP contribution in [0.25, 0.3) is 0 Å². The number of thiophene rings is 1. The van der Waals surface area contributed by atoms with Gasteiger partial charge in [0.15, 0.2) is 0 Å². The third kappa shape index (κ3) is 3.62. The van der Waals surface area contributed by atoms with Crippen LogP contribution in [0.4, 0.5) is 4.39 Å². The molecule has 0 aliphatic carbocycles. The molecule has 0 fully saturated rings. The Hall–Kier alpha value is -1.72. The van der Waals surface area contributed by atoms with Gasteiger partial charge in [0.1, 0.15) is 5.82 Å². The van der Waals surface area contributed by atoms with Gasteiger partial charge in [0.25, 0.3) is 0 Å². The highest BCUT2D eigenvalue weighted by Gasteiger charge is 2.11. The number of methoxy groups -OCH3 is 1. The van der Waals surface area contributed by atoms with Gasteiger partial charge >= 0.3 is 5.97 Å². The molecule has 0 amide bonds. The van der Waals surface area contributed by atoms with E-state index in [0.717, 1.165) is 12.1 Å². The monoisotopic (exact) mass is 279 g/mol. The van der Waals surface area contributed by atoms with Gasteiger partial charge < -0.3 is 10.1 Å². The summed E-state index contributed by atoms with van der Waals surface area (Å²) in [5.41, 5.74) is 0.756. The van der Waals surface area contributed by atoms with Crippen LogP contribution >= 0.6 is 11.3 Å². The summed E-state index contributed by atoms with van der Waals surface area (Å²) in [4.78, 5) is 12.5. The summed E-state index contributed by atoms with van der Waals surface area (Å²) < 4.78 is 18.2. The van der Waals surface area contributed by atoms with Crippen molar-refractivity contribution < 1.29 is 13.9 Å². The minimum absolute atomic E-state index is 0.0375. The highest BCUT2D eigenvalue weighted by atomic mass is 32.1. The van der Waals surface area contributed by atoms with Crippen molar-refractivity contribution in [3.63, 3.8) is 0 Å². The van der Waals surface area contributed by atoms with E-state index in [1.165, 1.54) is 24.1 Å². The Bertz CT molecular complexity index is 555. The molecule has 0 aliphatic heterocycles. The van der Waals surface area contributed by atoms with Crippen LogP contribution in [-0.4, -0.2) is 13.1 Å². The first-order valence-electron chi connectivity index (χ1n) is 5.80. The van der Waals surface area contributed by atoms with Gasteiger partial charge in [-0.15, -0.1) is 11.3 Å². The van der Waals surface area contributed by atoms with Crippen molar-refractivity contribution >= 4 is 17.3 Å².